The lowest BCUT2D eigenvalue weighted by atomic mass is 10.4. The fourth-order valence-corrected chi connectivity index (χ4v) is 0.563. The van der Waals surface area contributed by atoms with Crippen LogP contribution in [0.3, 0.4) is 0 Å². The molecule has 0 saturated heterocycles. The zero-order chi connectivity index (χ0) is 9.72. The van der Waals surface area contributed by atoms with Crippen LogP contribution in [-0.2, 0) is 19.2 Å². The van der Waals surface area contributed by atoms with Gasteiger partial charge in [0.25, 0.3) is 11.8 Å². The largest absolute Gasteiger partial charge is 0.331 e. The Labute approximate surface area is 70.2 Å². The van der Waals surface area contributed by atoms with Gasteiger partial charge in [0.15, 0.2) is 0 Å². The second-order valence-corrected chi connectivity index (χ2v) is 2.14. The second kappa shape index (κ2) is 4.48. The molecule has 0 N–H and O–H groups in total. The Kier molecular flexibility index (Phi) is 3.96. The van der Waals surface area contributed by atoms with Gasteiger partial charge in [-0.2, -0.15) is 0 Å². The number of carbonyl (C=O) groups is 3. The first kappa shape index (κ1) is 10.6. The third-order valence-electron chi connectivity index (χ3n) is 1.03. The van der Waals surface area contributed by atoms with E-state index in [0.717, 1.165) is 13.8 Å². The molecule has 0 heterocycles. The zero-order valence-electron chi connectivity index (χ0n) is 7.29. The molecule has 0 unspecified atom stereocenters. The average Bonchev–Trinajstić information content (AvgIpc) is 1.98. The summed E-state index contributed by atoms with van der Waals surface area (Å²) in [6.07, 6.45) is 0.118. The number of hydrogen-bond acceptors (Lipinski definition) is 4. The highest BCUT2D eigenvalue weighted by atomic mass is 16.7. The van der Waals surface area contributed by atoms with Gasteiger partial charge in [-0.1, -0.05) is 6.92 Å². The van der Waals surface area contributed by atoms with Crippen molar-refractivity contribution in [3.63, 3.8) is 0 Å². The van der Waals surface area contributed by atoms with Crippen LogP contribution in [0.5, 0.6) is 0 Å². The van der Waals surface area contributed by atoms with Gasteiger partial charge in [-0.25, -0.2) is 4.79 Å². The number of amides is 2. The molecule has 0 saturated carbocycles. The van der Waals surface area contributed by atoms with Crippen LogP contribution >= 0.6 is 0 Å². The number of carbonyl (C=O) groups excluding carboxylic acids is 3. The van der Waals surface area contributed by atoms with E-state index in [0.29, 0.717) is 5.06 Å². The Balaban J connectivity index is 4.33. The van der Waals surface area contributed by atoms with Crippen LogP contribution in [-0.4, -0.2) is 22.8 Å². The zero-order valence-corrected chi connectivity index (χ0v) is 7.29. The van der Waals surface area contributed by atoms with Gasteiger partial charge in [-0.05, 0) is 0 Å². The van der Waals surface area contributed by atoms with E-state index in [-0.39, 0.29) is 6.42 Å². The van der Waals surface area contributed by atoms with Gasteiger partial charge in [0.1, 0.15) is 0 Å². The molecule has 68 valence electrons. The van der Waals surface area contributed by atoms with E-state index in [1.165, 1.54) is 0 Å². The average molecular weight is 173 g/mol. The molecule has 5 heteroatoms. The van der Waals surface area contributed by atoms with Crippen LogP contribution in [0, 0.1) is 0 Å². The Bertz CT molecular complexity index is 211. The topological polar surface area (TPSA) is 63.7 Å². The van der Waals surface area contributed by atoms with E-state index in [4.69, 9.17) is 0 Å². The summed E-state index contributed by atoms with van der Waals surface area (Å²) >= 11 is 0. The minimum Gasteiger partial charge on any atom is -0.331 e. The third-order valence-corrected chi connectivity index (χ3v) is 1.03. The van der Waals surface area contributed by atoms with Crippen molar-refractivity contribution in [2.24, 2.45) is 0 Å². The van der Waals surface area contributed by atoms with Gasteiger partial charge in [0.05, 0.1) is 0 Å². The first-order valence-electron chi connectivity index (χ1n) is 3.51. The summed E-state index contributed by atoms with van der Waals surface area (Å²) < 4.78 is 0. The van der Waals surface area contributed by atoms with Gasteiger partial charge < -0.3 is 4.84 Å². The predicted molar refractivity (Wildman–Crippen MR) is 39.6 cm³/mol. The second-order valence-electron chi connectivity index (χ2n) is 2.14. The SMILES string of the molecule is CCC(=O)N(OC(C)=O)C(C)=O. The standard InChI is InChI=1S/C7H11NO4/c1-4-7(11)8(5(2)9)12-6(3)10/h4H2,1-3H3. The molecule has 12 heavy (non-hydrogen) atoms. The maximum atomic E-state index is 10.9. The fraction of sp³-hybridized carbons (Fsp3) is 0.571. The van der Waals surface area contributed by atoms with Crippen molar-refractivity contribution < 1.29 is 19.2 Å². The quantitative estimate of drug-likeness (QED) is 0.533. The van der Waals surface area contributed by atoms with Gasteiger partial charge in [-0.15, -0.1) is 5.06 Å². The van der Waals surface area contributed by atoms with E-state index in [1.807, 2.05) is 0 Å². The van der Waals surface area contributed by atoms with E-state index >= 15 is 0 Å². The van der Waals surface area contributed by atoms with Crippen LogP contribution in [0.15, 0.2) is 0 Å². The Morgan fingerprint density at radius 1 is 1.25 bits per heavy atom. The molecule has 0 aliphatic carbocycles. The summed E-state index contributed by atoms with van der Waals surface area (Å²) in [5.74, 6) is -1.82. The highest BCUT2D eigenvalue weighted by Crippen LogP contribution is 1.96. The van der Waals surface area contributed by atoms with Crippen molar-refractivity contribution in [3.8, 4) is 0 Å². The van der Waals surface area contributed by atoms with Gasteiger partial charge in [0, 0.05) is 20.3 Å². The van der Waals surface area contributed by atoms with Crippen molar-refractivity contribution in [1.82, 2.24) is 5.06 Å². The van der Waals surface area contributed by atoms with E-state index in [9.17, 15) is 14.4 Å². The molecule has 0 aliphatic heterocycles. The molecule has 0 bridgehead atoms. The maximum Gasteiger partial charge on any atom is 0.330 e. The van der Waals surface area contributed by atoms with Gasteiger partial charge >= 0.3 is 5.97 Å². The van der Waals surface area contributed by atoms with Crippen LogP contribution in [0.4, 0.5) is 0 Å². The highest BCUT2D eigenvalue weighted by Gasteiger charge is 2.19. The number of rotatable bonds is 1. The molecule has 0 aromatic carbocycles. The van der Waals surface area contributed by atoms with Crippen LogP contribution < -0.4 is 0 Å². The Morgan fingerprint density at radius 3 is 2.00 bits per heavy atom. The molecular formula is C7H11NO4. The van der Waals surface area contributed by atoms with Gasteiger partial charge in [0.2, 0.25) is 0 Å². The molecule has 0 atom stereocenters. The monoisotopic (exact) mass is 173 g/mol. The first-order chi connectivity index (χ1) is 5.49. The number of imide groups is 1. The normalized spacial score (nSPS) is 8.92. The molecule has 0 rings (SSSR count). The Morgan fingerprint density at radius 2 is 1.75 bits per heavy atom. The van der Waals surface area contributed by atoms with Crippen molar-refractivity contribution in [2.75, 3.05) is 0 Å². The van der Waals surface area contributed by atoms with Crippen molar-refractivity contribution in [3.05, 3.63) is 0 Å². The van der Waals surface area contributed by atoms with E-state index < -0.39 is 17.8 Å². The molecule has 0 fully saturated rings. The number of hydrogen-bond donors (Lipinski definition) is 0. The molecule has 0 spiro atoms. The van der Waals surface area contributed by atoms with E-state index in [2.05, 4.69) is 4.84 Å². The van der Waals surface area contributed by atoms with E-state index in [1.54, 1.807) is 6.92 Å². The number of nitrogens with zero attached hydrogens (tertiary/aromatic N) is 1. The first-order valence-corrected chi connectivity index (χ1v) is 3.51. The summed E-state index contributed by atoms with van der Waals surface area (Å²) in [5, 5.41) is 0.461. The summed E-state index contributed by atoms with van der Waals surface area (Å²) in [5.41, 5.74) is 0. The van der Waals surface area contributed by atoms with Crippen molar-refractivity contribution >= 4 is 17.8 Å². The highest BCUT2D eigenvalue weighted by molar-refractivity contribution is 5.93. The lowest BCUT2D eigenvalue weighted by Gasteiger charge is -2.15. The minimum atomic E-state index is -0.688. The lowest BCUT2D eigenvalue weighted by Crippen LogP contribution is -2.36. The molecule has 0 aromatic rings. The number of hydroxylamine groups is 2. The fourth-order valence-electron chi connectivity index (χ4n) is 0.563. The molecule has 2 amide bonds. The molecule has 5 nitrogen and oxygen atoms in total. The maximum absolute atomic E-state index is 10.9. The summed E-state index contributed by atoms with van der Waals surface area (Å²) in [4.78, 5) is 36.4. The Hall–Kier alpha value is -1.39. The molecule has 0 radical (unpaired) electrons. The summed E-state index contributed by atoms with van der Waals surface area (Å²) in [6, 6.07) is 0. The van der Waals surface area contributed by atoms with Crippen LogP contribution in [0.1, 0.15) is 27.2 Å². The van der Waals surface area contributed by atoms with Crippen molar-refractivity contribution in [1.29, 1.82) is 0 Å². The third kappa shape index (κ3) is 3.14. The van der Waals surface area contributed by atoms with Crippen LogP contribution in [0.25, 0.3) is 0 Å². The smallest absolute Gasteiger partial charge is 0.330 e. The molecule has 0 aliphatic rings. The summed E-state index contributed by atoms with van der Waals surface area (Å²) in [7, 11) is 0. The molecule has 0 aromatic heterocycles. The van der Waals surface area contributed by atoms with Gasteiger partial charge in [-0.3, -0.25) is 9.59 Å². The lowest BCUT2D eigenvalue weighted by molar-refractivity contribution is -0.200. The van der Waals surface area contributed by atoms with Crippen LogP contribution in [0.2, 0.25) is 0 Å². The summed E-state index contributed by atoms with van der Waals surface area (Å²) in [6.45, 7) is 3.84. The predicted octanol–water partition coefficient (Wildman–Crippen LogP) is 0.250. The molecular weight excluding hydrogens is 162 g/mol. The van der Waals surface area contributed by atoms with Crippen molar-refractivity contribution in [2.45, 2.75) is 27.2 Å². The minimum absolute atomic E-state index is 0.118.